The molecule has 0 spiro atoms. The summed E-state index contributed by atoms with van der Waals surface area (Å²) in [5, 5.41) is 14.8. The Balaban J connectivity index is 1.29. The zero-order chi connectivity index (χ0) is 25.6. The van der Waals surface area contributed by atoms with E-state index in [2.05, 4.69) is 56.9 Å². The van der Waals surface area contributed by atoms with Crippen LogP contribution in [0.1, 0.15) is 44.7 Å². The van der Waals surface area contributed by atoms with Crippen molar-refractivity contribution in [1.29, 1.82) is 0 Å². The molecule has 2 fully saturated rings. The van der Waals surface area contributed by atoms with Gasteiger partial charge in [0.2, 0.25) is 5.91 Å². The van der Waals surface area contributed by atoms with Crippen molar-refractivity contribution in [2.75, 3.05) is 48.3 Å². The fourth-order valence-electron chi connectivity index (χ4n) is 4.30. The second-order valence-corrected chi connectivity index (χ2v) is 10.9. The molecule has 196 valence electrons. The first kappa shape index (κ1) is 25.4. The third-order valence-electron chi connectivity index (χ3n) is 6.71. The molecule has 37 heavy (non-hydrogen) atoms. The van der Waals surface area contributed by atoms with Gasteiger partial charge >= 0.3 is 0 Å². The number of hydrogen-bond acceptors (Lipinski definition) is 8. The van der Waals surface area contributed by atoms with Crippen LogP contribution in [0, 0.1) is 12.8 Å². The second-order valence-electron chi connectivity index (χ2n) is 9.88. The van der Waals surface area contributed by atoms with Crippen molar-refractivity contribution in [1.82, 2.24) is 25.1 Å². The maximum atomic E-state index is 12.5. The molecule has 5 rings (SSSR count). The smallest absolute Gasteiger partial charge is 0.222 e. The van der Waals surface area contributed by atoms with Crippen LogP contribution in [0.25, 0.3) is 0 Å². The van der Waals surface area contributed by atoms with Gasteiger partial charge in [-0.1, -0.05) is 13.3 Å². The van der Waals surface area contributed by atoms with E-state index in [1.54, 1.807) is 11.8 Å². The van der Waals surface area contributed by atoms with E-state index in [0.29, 0.717) is 30.5 Å². The molecule has 0 bridgehead atoms. The van der Waals surface area contributed by atoms with Crippen LogP contribution in [0.3, 0.4) is 0 Å². The normalized spacial score (nSPS) is 15.6. The lowest BCUT2D eigenvalue weighted by atomic mass is 10.2. The van der Waals surface area contributed by atoms with Crippen LogP contribution in [0.5, 0.6) is 0 Å². The Labute approximate surface area is 222 Å². The molecule has 1 aliphatic heterocycles. The number of amides is 1. The van der Waals surface area contributed by atoms with E-state index in [1.165, 1.54) is 12.8 Å². The molecular weight excluding hydrogens is 484 g/mol. The van der Waals surface area contributed by atoms with Crippen LogP contribution in [0.4, 0.5) is 23.1 Å². The number of piperazine rings is 1. The van der Waals surface area contributed by atoms with Crippen molar-refractivity contribution < 1.29 is 4.79 Å². The lowest BCUT2D eigenvalue weighted by Crippen LogP contribution is -2.49. The topological polar surface area (TPSA) is 102 Å². The second kappa shape index (κ2) is 11.9. The van der Waals surface area contributed by atoms with Crippen molar-refractivity contribution in [3.8, 4) is 0 Å². The predicted octanol–water partition coefficient (Wildman–Crippen LogP) is 5.06. The number of carbonyl (C=O) groups is 1. The van der Waals surface area contributed by atoms with Crippen LogP contribution in [0.15, 0.2) is 46.5 Å². The van der Waals surface area contributed by atoms with Crippen LogP contribution in [0.2, 0.25) is 0 Å². The van der Waals surface area contributed by atoms with Crippen LogP contribution >= 0.6 is 11.8 Å². The van der Waals surface area contributed by atoms with Crippen molar-refractivity contribution in [2.24, 2.45) is 5.92 Å². The highest BCUT2D eigenvalue weighted by Crippen LogP contribution is 2.31. The van der Waals surface area contributed by atoms with E-state index in [1.807, 2.05) is 24.0 Å². The van der Waals surface area contributed by atoms with Crippen molar-refractivity contribution in [3.63, 3.8) is 0 Å². The molecule has 9 nitrogen and oxygen atoms in total. The number of H-pyrrole nitrogens is 1. The molecule has 1 amide bonds. The van der Waals surface area contributed by atoms with E-state index < -0.39 is 0 Å². The SMILES string of the molecule is CCCCC(=O)N1CCN(c2cc(Nc3cc(C)[nH]n3)nc(Sc3ccc(NCC4CC4)cc3)n2)CC1. The standard InChI is InChI=1S/C27H36N8OS/c1-3-4-5-26(36)35-14-12-34(13-15-35)25-17-23(29-24-16-19(2)32-33-24)30-27(31-25)37-22-10-8-21(9-11-22)28-18-20-6-7-20/h8-11,16-17,20,28H,3-7,12-15,18H2,1-2H3,(H2,29,30,31,32,33). The van der Waals surface area contributed by atoms with Gasteiger partial charge in [0.1, 0.15) is 11.6 Å². The minimum Gasteiger partial charge on any atom is -0.385 e. The fraction of sp³-hybridized carbons (Fsp3) is 0.481. The number of aromatic amines is 1. The summed E-state index contributed by atoms with van der Waals surface area (Å²) in [5.41, 5.74) is 2.12. The summed E-state index contributed by atoms with van der Waals surface area (Å²) in [6.45, 7) is 8.07. The van der Waals surface area contributed by atoms with E-state index in [9.17, 15) is 4.79 Å². The zero-order valence-electron chi connectivity index (χ0n) is 21.7. The monoisotopic (exact) mass is 520 g/mol. The van der Waals surface area contributed by atoms with E-state index >= 15 is 0 Å². The lowest BCUT2D eigenvalue weighted by molar-refractivity contribution is -0.131. The third kappa shape index (κ3) is 7.15. The highest BCUT2D eigenvalue weighted by Gasteiger charge is 2.23. The van der Waals surface area contributed by atoms with Crippen LogP contribution in [-0.4, -0.2) is 63.7 Å². The lowest BCUT2D eigenvalue weighted by Gasteiger charge is -2.35. The quantitative estimate of drug-likeness (QED) is 0.302. The summed E-state index contributed by atoms with van der Waals surface area (Å²) < 4.78 is 0. The zero-order valence-corrected chi connectivity index (χ0v) is 22.5. The molecule has 1 saturated carbocycles. The number of rotatable bonds is 11. The van der Waals surface area contributed by atoms with Gasteiger partial charge < -0.3 is 20.4 Å². The van der Waals surface area contributed by atoms with E-state index in [4.69, 9.17) is 9.97 Å². The highest BCUT2D eigenvalue weighted by molar-refractivity contribution is 7.99. The Morgan fingerprint density at radius 2 is 1.86 bits per heavy atom. The summed E-state index contributed by atoms with van der Waals surface area (Å²) in [7, 11) is 0. The predicted molar refractivity (Wildman–Crippen MR) is 149 cm³/mol. The van der Waals surface area contributed by atoms with Gasteiger partial charge in [-0.3, -0.25) is 9.89 Å². The highest BCUT2D eigenvalue weighted by atomic mass is 32.2. The van der Waals surface area contributed by atoms with Crippen LogP contribution in [-0.2, 0) is 4.79 Å². The molecule has 3 heterocycles. The van der Waals surface area contributed by atoms with Crippen molar-refractivity contribution in [3.05, 3.63) is 42.1 Å². The maximum Gasteiger partial charge on any atom is 0.222 e. The average molecular weight is 521 g/mol. The van der Waals surface area contributed by atoms with Gasteiger partial charge in [0.05, 0.1) is 0 Å². The molecule has 1 aromatic carbocycles. The van der Waals surface area contributed by atoms with Gasteiger partial charge in [0.25, 0.3) is 0 Å². The van der Waals surface area contributed by atoms with Crippen molar-refractivity contribution >= 4 is 40.8 Å². The minimum atomic E-state index is 0.256. The molecule has 10 heteroatoms. The Morgan fingerprint density at radius 1 is 1.08 bits per heavy atom. The molecule has 3 N–H and O–H groups in total. The van der Waals surface area contributed by atoms with Gasteiger partial charge in [0.15, 0.2) is 11.0 Å². The number of unbranched alkanes of at least 4 members (excludes halogenated alkanes) is 1. The van der Waals surface area contributed by atoms with E-state index in [0.717, 1.165) is 66.3 Å². The maximum absolute atomic E-state index is 12.5. The Kier molecular flexibility index (Phi) is 8.13. The number of nitrogens with zero attached hydrogens (tertiary/aromatic N) is 5. The largest absolute Gasteiger partial charge is 0.385 e. The summed E-state index contributed by atoms with van der Waals surface area (Å²) in [6.07, 6.45) is 5.31. The van der Waals surface area contributed by atoms with Crippen LogP contribution < -0.4 is 15.5 Å². The van der Waals surface area contributed by atoms with Crippen molar-refractivity contribution in [2.45, 2.75) is 56.0 Å². The van der Waals surface area contributed by atoms with Gasteiger partial charge in [-0.05, 0) is 68.1 Å². The van der Waals surface area contributed by atoms with Gasteiger partial charge in [-0.2, -0.15) is 5.10 Å². The first-order valence-electron chi connectivity index (χ1n) is 13.3. The molecule has 0 unspecified atom stereocenters. The van der Waals surface area contributed by atoms with Gasteiger partial charge in [0, 0.05) is 67.6 Å². The average Bonchev–Trinajstić information content (AvgIpc) is 3.66. The summed E-state index contributed by atoms with van der Waals surface area (Å²) >= 11 is 1.55. The molecule has 0 atom stereocenters. The number of carbonyl (C=O) groups excluding carboxylic acids is 1. The molecule has 0 radical (unpaired) electrons. The number of aromatic nitrogens is 4. The Bertz CT molecular complexity index is 1190. The third-order valence-corrected chi connectivity index (χ3v) is 7.58. The van der Waals surface area contributed by atoms with Gasteiger partial charge in [-0.15, -0.1) is 0 Å². The molecular formula is C27H36N8OS. The number of benzene rings is 1. The number of anilines is 4. The molecule has 2 aliphatic rings. The first-order chi connectivity index (χ1) is 18.1. The molecule has 1 aliphatic carbocycles. The first-order valence-corrected chi connectivity index (χ1v) is 14.1. The van der Waals surface area contributed by atoms with Gasteiger partial charge in [-0.25, -0.2) is 9.97 Å². The summed E-state index contributed by atoms with van der Waals surface area (Å²) in [5.74, 6) is 3.37. The summed E-state index contributed by atoms with van der Waals surface area (Å²) in [6, 6.07) is 12.4. The number of hydrogen-bond donors (Lipinski definition) is 3. The Hall–Kier alpha value is -3.27. The van der Waals surface area contributed by atoms with E-state index in [-0.39, 0.29) is 5.91 Å². The Morgan fingerprint density at radius 3 is 2.54 bits per heavy atom. The molecule has 1 saturated heterocycles. The fourth-order valence-corrected chi connectivity index (χ4v) is 5.07. The molecule has 2 aromatic heterocycles. The number of nitrogens with one attached hydrogen (secondary N) is 3. The minimum absolute atomic E-state index is 0.256. The summed E-state index contributed by atoms with van der Waals surface area (Å²) in [4.78, 5) is 27.4. The number of aryl methyl sites for hydroxylation is 1. The molecule has 3 aromatic rings.